The fourth-order valence-electron chi connectivity index (χ4n) is 3.10. The van der Waals surface area contributed by atoms with Crippen LogP contribution >= 0.6 is 0 Å². The van der Waals surface area contributed by atoms with E-state index in [4.69, 9.17) is 9.47 Å². The lowest BCUT2D eigenvalue weighted by molar-refractivity contribution is -0.150. The third kappa shape index (κ3) is 7.07. The fourth-order valence-corrected chi connectivity index (χ4v) is 3.10. The van der Waals surface area contributed by atoms with Crippen LogP contribution in [0, 0.1) is 20.8 Å². The van der Waals surface area contributed by atoms with E-state index in [9.17, 15) is 14.4 Å². The molecule has 0 aliphatic carbocycles. The summed E-state index contributed by atoms with van der Waals surface area (Å²) in [5.74, 6) is -0.710. The minimum absolute atomic E-state index is 0.165. The zero-order valence-corrected chi connectivity index (χ0v) is 17.3. The van der Waals surface area contributed by atoms with Gasteiger partial charge in [-0.3, -0.25) is 9.59 Å². The molecule has 0 saturated heterocycles. The van der Waals surface area contributed by atoms with E-state index in [1.165, 1.54) is 6.92 Å². The average molecular weight is 397 g/mol. The lowest BCUT2D eigenvalue weighted by Crippen LogP contribution is -2.43. The Hall–Kier alpha value is -3.15. The molecule has 1 N–H and O–H groups in total. The number of amides is 1. The Morgan fingerprint density at radius 2 is 1.59 bits per heavy atom. The van der Waals surface area contributed by atoms with Crippen molar-refractivity contribution in [3.8, 4) is 5.75 Å². The number of hydrogen-bond donors (Lipinski definition) is 1. The third-order valence-corrected chi connectivity index (χ3v) is 4.41. The summed E-state index contributed by atoms with van der Waals surface area (Å²) in [5.41, 5.74) is 3.90. The van der Waals surface area contributed by atoms with E-state index in [0.717, 1.165) is 22.3 Å². The summed E-state index contributed by atoms with van der Waals surface area (Å²) in [4.78, 5) is 35.8. The molecule has 6 nitrogen and oxygen atoms in total. The molecule has 2 aromatic rings. The number of nitrogens with one attached hydrogen (secondary N) is 1. The van der Waals surface area contributed by atoms with Gasteiger partial charge in [-0.25, -0.2) is 4.79 Å². The Balaban J connectivity index is 1.81. The van der Waals surface area contributed by atoms with Crippen molar-refractivity contribution < 1.29 is 23.9 Å². The second-order valence-corrected chi connectivity index (χ2v) is 7.10. The van der Waals surface area contributed by atoms with Crippen LogP contribution < -0.4 is 10.1 Å². The van der Waals surface area contributed by atoms with E-state index >= 15 is 0 Å². The normalized spacial score (nSPS) is 11.4. The van der Waals surface area contributed by atoms with Gasteiger partial charge in [0.15, 0.2) is 19.0 Å². The summed E-state index contributed by atoms with van der Waals surface area (Å²) in [6, 6.07) is 12.7. The van der Waals surface area contributed by atoms with Crippen molar-refractivity contribution in [3.63, 3.8) is 0 Å². The van der Waals surface area contributed by atoms with Crippen LogP contribution in [0.1, 0.15) is 29.2 Å². The van der Waals surface area contributed by atoms with Gasteiger partial charge in [-0.05, 0) is 50.8 Å². The molecule has 154 valence electrons. The second-order valence-electron chi connectivity index (χ2n) is 7.10. The molecule has 2 aromatic carbocycles. The van der Waals surface area contributed by atoms with Gasteiger partial charge in [-0.1, -0.05) is 48.0 Å². The highest BCUT2D eigenvalue weighted by Crippen LogP contribution is 2.24. The summed E-state index contributed by atoms with van der Waals surface area (Å²) < 4.78 is 10.5. The molecule has 1 atom stereocenters. The zero-order chi connectivity index (χ0) is 21.4. The predicted octanol–water partition coefficient (Wildman–Crippen LogP) is 2.85. The molecule has 0 aliphatic rings. The molecule has 29 heavy (non-hydrogen) atoms. The van der Waals surface area contributed by atoms with Gasteiger partial charge >= 0.3 is 5.97 Å². The lowest BCUT2D eigenvalue weighted by Gasteiger charge is -2.16. The van der Waals surface area contributed by atoms with Gasteiger partial charge in [0, 0.05) is 0 Å². The Kier molecular flexibility index (Phi) is 7.95. The first kappa shape index (κ1) is 22.1. The number of hydrogen-bond acceptors (Lipinski definition) is 5. The Labute approximate surface area is 171 Å². The highest BCUT2D eigenvalue weighted by atomic mass is 16.6. The number of Topliss-reactive ketones (excluding diaryl/α,β-unsaturated/α-hetero) is 1. The summed E-state index contributed by atoms with van der Waals surface area (Å²) in [6.07, 6.45) is 0.380. The van der Waals surface area contributed by atoms with E-state index in [-0.39, 0.29) is 12.4 Å². The molecular formula is C23H27NO5. The van der Waals surface area contributed by atoms with Crippen molar-refractivity contribution in [1.82, 2.24) is 5.32 Å². The molecular weight excluding hydrogens is 370 g/mol. The molecule has 0 saturated carbocycles. The SMILES string of the molecule is CC(=O)[C@@H](Cc1ccccc1)NC(=O)COC(=O)COc1c(C)cc(C)cc1C. The molecule has 0 heterocycles. The molecule has 0 unspecified atom stereocenters. The number of aryl methyl sites for hydroxylation is 3. The number of rotatable bonds is 9. The van der Waals surface area contributed by atoms with E-state index in [2.05, 4.69) is 5.32 Å². The number of carbonyl (C=O) groups excluding carboxylic acids is 3. The largest absolute Gasteiger partial charge is 0.481 e. The van der Waals surface area contributed by atoms with Crippen LogP contribution in [-0.4, -0.2) is 36.9 Å². The average Bonchev–Trinajstić information content (AvgIpc) is 2.65. The van der Waals surface area contributed by atoms with Crippen LogP contribution in [0.4, 0.5) is 0 Å². The number of benzene rings is 2. The molecule has 0 bridgehead atoms. The first-order valence-electron chi connectivity index (χ1n) is 9.46. The lowest BCUT2D eigenvalue weighted by atomic mass is 10.0. The van der Waals surface area contributed by atoms with Crippen LogP contribution in [0.15, 0.2) is 42.5 Å². The second kappa shape index (κ2) is 10.4. The van der Waals surface area contributed by atoms with Crippen molar-refractivity contribution >= 4 is 17.7 Å². The maximum Gasteiger partial charge on any atom is 0.344 e. The van der Waals surface area contributed by atoms with Crippen molar-refractivity contribution in [2.45, 2.75) is 40.2 Å². The maximum atomic E-state index is 12.1. The van der Waals surface area contributed by atoms with Crippen molar-refractivity contribution in [2.75, 3.05) is 13.2 Å². The molecule has 6 heteroatoms. The van der Waals surface area contributed by atoms with Gasteiger partial charge in [-0.15, -0.1) is 0 Å². The van der Waals surface area contributed by atoms with Gasteiger partial charge in [-0.2, -0.15) is 0 Å². The summed E-state index contributed by atoms with van der Waals surface area (Å²) in [6.45, 7) is 6.46. The molecule has 0 spiro atoms. The van der Waals surface area contributed by atoms with Gasteiger partial charge in [0.2, 0.25) is 0 Å². The van der Waals surface area contributed by atoms with E-state index < -0.39 is 24.5 Å². The van der Waals surface area contributed by atoms with Crippen molar-refractivity contribution in [1.29, 1.82) is 0 Å². The maximum absolute atomic E-state index is 12.1. The van der Waals surface area contributed by atoms with E-state index in [0.29, 0.717) is 12.2 Å². The molecule has 0 fully saturated rings. The number of ether oxygens (including phenoxy) is 2. The molecule has 0 aliphatic heterocycles. The molecule has 0 radical (unpaired) electrons. The van der Waals surface area contributed by atoms with Gasteiger partial charge in [0.25, 0.3) is 5.91 Å². The van der Waals surface area contributed by atoms with E-state index in [1.807, 2.05) is 63.2 Å². The Morgan fingerprint density at radius 3 is 2.17 bits per heavy atom. The molecule has 0 aromatic heterocycles. The minimum Gasteiger partial charge on any atom is -0.481 e. The number of esters is 1. The summed E-state index contributed by atoms with van der Waals surface area (Å²) >= 11 is 0. The fraction of sp³-hybridized carbons (Fsp3) is 0.348. The van der Waals surface area contributed by atoms with Crippen molar-refractivity contribution in [2.24, 2.45) is 0 Å². The van der Waals surface area contributed by atoms with Crippen molar-refractivity contribution in [3.05, 3.63) is 64.7 Å². The first-order valence-corrected chi connectivity index (χ1v) is 9.46. The Morgan fingerprint density at radius 1 is 0.966 bits per heavy atom. The number of carbonyl (C=O) groups is 3. The minimum atomic E-state index is -0.669. The van der Waals surface area contributed by atoms with Crippen LogP contribution in [0.5, 0.6) is 5.75 Å². The van der Waals surface area contributed by atoms with Crippen LogP contribution in [0.25, 0.3) is 0 Å². The highest BCUT2D eigenvalue weighted by molar-refractivity contribution is 5.88. The topological polar surface area (TPSA) is 81.7 Å². The predicted molar refractivity (Wildman–Crippen MR) is 110 cm³/mol. The standard InChI is InChI=1S/C23H27NO5/c1-15-10-16(2)23(17(3)11-15)29-14-22(27)28-13-21(26)24-20(18(4)25)12-19-8-6-5-7-9-19/h5-11,20H,12-14H2,1-4H3,(H,24,26)/t20-/m1/s1. The van der Waals surface area contributed by atoms with Crippen LogP contribution in [0.3, 0.4) is 0 Å². The molecule has 2 rings (SSSR count). The molecule has 1 amide bonds. The Bertz CT molecular complexity index is 853. The van der Waals surface area contributed by atoms with Crippen LogP contribution in [0.2, 0.25) is 0 Å². The first-order chi connectivity index (χ1) is 13.8. The van der Waals surface area contributed by atoms with Gasteiger partial charge in [0.1, 0.15) is 5.75 Å². The smallest absolute Gasteiger partial charge is 0.344 e. The number of ketones is 1. The quantitative estimate of drug-likeness (QED) is 0.658. The zero-order valence-electron chi connectivity index (χ0n) is 17.3. The van der Waals surface area contributed by atoms with E-state index in [1.54, 1.807) is 0 Å². The summed E-state index contributed by atoms with van der Waals surface area (Å²) in [5, 5.41) is 2.61. The highest BCUT2D eigenvalue weighted by Gasteiger charge is 2.19. The van der Waals surface area contributed by atoms with Gasteiger partial charge < -0.3 is 14.8 Å². The third-order valence-electron chi connectivity index (χ3n) is 4.41. The summed E-state index contributed by atoms with van der Waals surface area (Å²) in [7, 11) is 0. The van der Waals surface area contributed by atoms with Crippen LogP contribution in [-0.2, 0) is 25.5 Å². The monoisotopic (exact) mass is 397 g/mol. The van der Waals surface area contributed by atoms with Gasteiger partial charge in [0.05, 0.1) is 6.04 Å².